The standard InChI is InChI=1S/C14H18N4O3S/c1-3-4-18-8-15-17-13(18)9(2)16-14(19)12-11-10(7-22-12)20-5-6-21-11/h7-9H,3-6H2,1-2H3,(H,16,19)/t9-/m1/s1. The first-order valence-corrected chi connectivity index (χ1v) is 8.14. The van der Waals surface area contributed by atoms with Gasteiger partial charge in [-0.25, -0.2) is 0 Å². The lowest BCUT2D eigenvalue weighted by Crippen LogP contribution is -2.29. The van der Waals surface area contributed by atoms with Crippen molar-refractivity contribution in [3.8, 4) is 11.5 Å². The summed E-state index contributed by atoms with van der Waals surface area (Å²) in [5, 5.41) is 12.8. The number of aryl methyl sites for hydroxylation is 1. The van der Waals surface area contributed by atoms with Gasteiger partial charge in [0, 0.05) is 11.9 Å². The van der Waals surface area contributed by atoms with Gasteiger partial charge < -0.3 is 19.4 Å². The Morgan fingerprint density at radius 1 is 1.50 bits per heavy atom. The van der Waals surface area contributed by atoms with Crippen molar-refractivity contribution in [1.82, 2.24) is 20.1 Å². The highest BCUT2D eigenvalue weighted by Gasteiger charge is 2.25. The molecule has 3 heterocycles. The summed E-state index contributed by atoms with van der Waals surface area (Å²) in [7, 11) is 0. The van der Waals surface area contributed by atoms with Gasteiger partial charge in [0.15, 0.2) is 17.3 Å². The second-order valence-corrected chi connectivity index (χ2v) is 5.91. The van der Waals surface area contributed by atoms with Crippen LogP contribution in [-0.4, -0.2) is 33.9 Å². The summed E-state index contributed by atoms with van der Waals surface area (Å²) >= 11 is 1.32. The van der Waals surface area contributed by atoms with Crippen molar-refractivity contribution < 1.29 is 14.3 Å². The lowest BCUT2D eigenvalue weighted by molar-refractivity contribution is 0.0932. The fourth-order valence-electron chi connectivity index (χ4n) is 2.36. The lowest BCUT2D eigenvalue weighted by Gasteiger charge is -2.17. The molecule has 0 radical (unpaired) electrons. The number of rotatable bonds is 5. The number of fused-ring (bicyclic) bond motifs is 1. The molecule has 1 atom stereocenters. The lowest BCUT2D eigenvalue weighted by atomic mass is 10.3. The molecule has 8 heteroatoms. The Bertz CT molecular complexity index is 667. The zero-order valence-corrected chi connectivity index (χ0v) is 13.4. The molecular weight excluding hydrogens is 304 g/mol. The Hall–Kier alpha value is -2.09. The van der Waals surface area contributed by atoms with E-state index in [1.54, 1.807) is 11.7 Å². The number of hydrogen-bond acceptors (Lipinski definition) is 6. The predicted molar refractivity (Wildman–Crippen MR) is 81.5 cm³/mol. The van der Waals surface area contributed by atoms with E-state index in [0.29, 0.717) is 29.6 Å². The van der Waals surface area contributed by atoms with E-state index in [1.165, 1.54) is 11.3 Å². The Labute approximate surface area is 132 Å². The molecule has 1 amide bonds. The van der Waals surface area contributed by atoms with Gasteiger partial charge in [0.25, 0.3) is 5.91 Å². The minimum absolute atomic E-state index is 0.185. The van der Waals surface area contributed by atoms with E-state index in [0.717, 1.165) is 18.8 Å². The van der Waals surface area contributed by atoms with Gasteiger partial charge in [-0.1, -0.05) is 6.92 Å². The Balaban J connectivity index is 1.73. The molecule has 0 saturated carbocycles. The molecule has 0 saturated heterocycles. The van der Waals surface area contributed by atoms with Crippen LogP contribution in [0.3, 0.4) is 0 Å². The van der Waals surface area contributed by atoms with Crippen LogP contribution in [0.1, 0.15) is 41.8 Å². The Kier molecular flexibility index (Phi) is 4.28. The molecule has 0 aliphatic carbocycles. The molecule has 0 bridgehead atoms. The molecule has 1 aliphatic rings. The van der Waals surface area contributed by atoms with E-state index in [9.17, 15) is 4.79 Å². The third-order valence-corrected chi connectivity index (χ3v) is 4.29. The van der Waals surface area contributed by atoms with Crippen molar-refractivity contribution in [2.24, 2.45) is 0 Å². The number of nitrogens with zero attached hydrogens (tertiary/aromatic N) is 3. The number of thiophene rings is 1. The maximum atomic E-state index is 12.5. The molecule has 2 aromatic rings. The van der Waals surface area contributed by atoms with Gasteiger partial charge in [-0.2, -0.15) is 0 Å². The Morgan fingerprint density at radius 3 is 3.14 bits per heavy atom. The normalized spacial score (nSPS) is 14.6. The summed E-state index contributed by atoms with van der Waals surface area (Å²) in [5.41, 5.74) is 0. The molecule has 0 aromatic carbocycles. The summed E-state index contributed by atoms with van der Waals surface area (Å²) in [6.45, 7) is 5.79. The van der Waals surface area contributed by atoms with Crippen LogP contribution >= 0.6 is 11.3 Å². The first-order valence-electron chi connectivity index (χ1n) is 7.26. The SMILES string of the molecule is CCCn1cnnc1[C@@H](C)NC(=O)c1scc2c1OCCO2. The maximum Gasteiger partial charge on any atom is 0.265 e. The average Bonchev–Trinajstić information content (AvgIpc) is 3.13. The third-order valence-electron chi connectivity index (χ3n) is 3.35. The van der Waals surface area contributed by atoms with Gasteiger partial charge in [-0.3, -0.25) is 4.79 Å². The number of nitrogens with one attached hydrogen (secondary N) is 1. The molecule has 118 valence electrons. The summed E-state index contributed by atoms with van der Waals surface area (Å²) in [6, 6.07) is -0.233. The van der Waals surface area contributed by atoms with E-state index in [-0.39, 0.29) is 11.9 Å². The van der Waals surface area contributed by atoms with Crippen LogP contribution in [0.5, 0.6) is 11.5 Å². The van der Waals surface area contributed by atoms with Gasteiger partial charge in [0.05, 0.1) is 6.04 Å². The quantitative estimate of drug-likeness (QED) is 0.911. The Morgan fingerprint density at radius 2 is 2.32 bits per heavy atom. The van der Waals surface area contributed by atoms with Gasteiger partial charge in [-0.05, 0) is 13.3 Å². The minimum Gasteiger partial charge on any atom is -0.485 e. The maximum absolute atomic E-state index is 12.5. The summed E-state index contributed by atoms with van der Waals surface area (Å²) < 4.78 is 13.0. The molecule has 7 nitrogen and oxygen atoms in total. The van der Waals surface area contributed by atoms with Crippen LogP contribution < -0.4 is 14.8 Å². The number of aromatic nitrogens is 3. The molecule has 0 fully saturated rings. The van der Waals surface area contributed by atoms with Crippen molar-refractivity contribution in [3.05, 3.63) is 22.4 Å². The summed E-state index contributed by atoms with van der Waals surface area (Å²) in [5.74, 6) is 1.74. The molecule has 22 heavy (non-hydrogen) atoms. The molecule has 3 rings (SSSR count). The summed E-state index contributed by atoms with van der Waals surface area (Å²) in [6.07, 6.45) is 2.67. The van der Waals surface area contributed by atoms with Crippen molar-refractivity contribution in [2.75, 3.05) is 13.2 Å². The predicted octanol–water partition coefficient (Wildman–Crippen LogP) is 2.01. The van der Waals surface area contributed by atoms with E-state index in [2.05, 4.69) is 22.4 Å². The number of ether oxygens (including phenoxy) is 2. The van der Waals surface area contributed by atoms with Crippen LogP contribution in [0.15, 0.2) is 11.7 Å². The highest BCUT2D eigenvalue weighted by molar-refractivity contribution is 7.12. The number of hydrogen-bond donors (Lipinski definition) is 1. The van der Waals surface area contributed by atoms with Gasteiger partial charge >= 0.3 is 0 Å². The van der Waals surface area contributed by atoms with Crippen molar-refractivity contribution in [2.45, 2.75) is 32.9 Å². The smallest absolute Gasteiger partial charge is 0.265 e. The van der Waals surface area contributed by atoms with Gasteiger partial charge in [-0.15, -0.1) is 21.5 Å². The van der Waals surface area contributed by atoms with Crippen molar-refractivity contribution in [3.63, 3.8) is 0 Å². The monoisotopic (exact) mass is 322 g/mol. The second kappa shape index (κ2) is 6.35. The summed E-state index contributed by atoms with van der Waals surface area (Å²) in [4.78, 5) is 13.0. The molecule has 1 N–H and O–H groups in total. The van der Waals surface area contributed by atoms with E-state index >= 15 is 0 Å². The third kappa shape index (κ3) is 2.78. The molecule has 1 aliphatic heterocycles. The van der Waals surface area contributed by atoms with Crippen LogP contribution in [0, 0.1) is 0 Å². The van der Waals surface area contributed by atoms with E-state index < -0.39 is 0 Å². The second-order valence-electron chi connectivity index (χ2n) is 5.03. The molecule has 0 unspecified atom stereocenters. The van der Waals surface area contributed by atoms with Gasteiger partial charge in [0.1, 0.15) is 24.4 Å². The van der Waals surface area contributed by atoms with Crippen LogP contribution in [0.2, 0.25) is 0 Å². The highest BCUT2D eigenvalue weighted by Crippen LogP contribution is 2.39. The van der Waals surface area contributed by atoms with Crippen LogP contribution in [0.4, 0.5) is 0 Å². The highest BCUT2D eigenvalue weighted by atomic mass is 32.1. The molecule has 0 spiro atoms. The zero-order valence-electron chi connectivity index (χ0n) is 12.5. The fourth-order valence-corrected chi connectivity index (χ4v) is 3.19. The van der Waals surface area contributed by atoms with E-state index in [4.69, 9.17) is 9.47 Å². The van der Waals surface area contributed by atoms with Gasteiger partial charge in [0.2, 0.25) is 0 Å². The van der Waals surface area contributed by atoms with Crippen molar-refractivity contribution in [1.29, 1.82) is 0 Å². The molecular formula is C14H18N4O3S. The minimum atomic E-state index is -0.233. The zero-order chi connectivity index (χ0) is 15.5. The van der Waals surface area contributed by atoms with Crippen LogP contribution in [0.25, 0.3) is 0 Å². The van der Waals surface area contributed by atoms with E-state index in [1.807, 2.05) is 11.5 Å². The number of carbonyl (C=O) groups excluding carboxylic acids is 1. The van der Waals surface area contributed by atoms with Crippen molar-refractivity contribution >= 4 is 17.2 Å². The fraction of sp³-hybridized carbons (Fsp3) is 0.500. The topological polar surface area (TPSA) is 78.3 Å². The molecule has 2 aromatic heterocycles. The average molecular weight is 322 g/mol. The first-order chi connectivity index (χ1) is 10.7. The van der Waals surface area contributed by atoms with Crippen LogP contribution in [-0.2, 0) is 6.54 Å². The number of carbonyl (C=O) groups is 1. The number of amides is 1. The first kappa shape index (κ1) is 14.8. The largest absolute Gasteiger partial charge is 0.485 e.